The van der Waals surface area contributed by atoms with Gasteiger partial charge in [0.05, 0.1) is 0 Å². The van der Waals surface area contributed by atoms with E-state index in [4.69, 9.17) is 0 Å². The fourth-order valence-electron chi connectivity index (χ4n) is 3.78. The number of sulfonamides is 2. The Morgan fingerprint density at radius 2 is 0.841 bits per heavy atom. The number of amides is 2. The molecule has 0 aliphatic rings. The minimum absolute atomic E-state index is 0.129. The molecule has 4 rings (SSSR count). The number of hydrogen-bond donors (Lipinski definition) is 2. The molecule has 2 amide bonds. The molecule has 0 bridgehead atoms. The molecule has 0 spiro atoms. The number of nitrogens with one attached hydrogen (secondary N) is 2. The molecule has 230 valence electrons. The minimum atomic E-state index is -3.58. The predicted molar refractivity (Wildman–Crippen MR) is 174 cm³/mol. The molecule has 44 heavy (non-hydrogen) atoms. The van der Waals surface area contributed by atoms with Crippen LogP contribution in [-0.4, -0.2) is 91.7 Å². The molecule has 0 saturated carbocycles. The van der Waals surface area contributed by atoms with Crippen LogP contribution in [0.3, 0.4) is 0 Å². The Balaban J connectivity index is 1.46. The van der Waals surface area contributed by atoms with E-state index in [1.807, 2.05) is 24.3 Å². The monoisotopic (exact) mass is 766 g/mol. The van der Waals surface area contributed by atoms with Gasteiger partial charge in [-0.15, -0.1) is 0 Å². The van der Waals surface area contributed by atoms with Crippen molar-refractivity contribution < 1.29 is 26.4 Å². The Morgan fingerprint density at radius 1 is 0.523 bits per heavy atom. The van der Waals surface area contributed by atoms with E-state index in [0.29, 0.717) is 22.5 Å². The van der Waals surface area contributed by atoms with Crippen LogP contribution < -0.4 is 19.6 Å². The zero-order valence-electron chi connectivity index (χ0n) is 24.2. The van der Waals surface area contributed by atoms with Crippen molar-refractivity contribution in [2.24, 2.45) is 0 Å². The van der Waals surface area contributed by atoms with E-state index in [9.17, 15) is 26.4 Å². The van der Waals surface area contributed by atoms with E-state index in [0.717, 1.165) is 17.5 Å². The van der Waals surface area contributed by atoms with Gasteiger partial charge < -0.3 is 0 Å². The Labute approximate surface area is 268 Å². The summed E-state index contributed by atoms with van der Waals surface area (Å²) in [5, 5.41) is 5.69. The van der Waals surface area contributed by atoms with Crippen molar-refractivity contribution in [3.05, 3.63) is 108 Å². The van der Waals surface area contributed by atoms with Crippen molar-refractivity contribution in [2.75, 3.05) is 38.8 Å². The van der Waals surface area contributed by atoms with Crippen LogP contribution in [0.25, 0.3) is 0 Å². The van der Waals surface area contributed by atoms with Crippen LogP contribution in [0.1, 0.15) is 20.7 Å². The van der Waals surface area contributed by atoms with E-state index in [1.54, 1.807) is 48.5 Å². The molecule has 2 N–H and O–H groups in total. The van der Waals surface area contributed by atoms with Gasteiger partial charge in [-0.2, -0.15) is 0 Å². The molecular weight excluding hydrogens is 734 g/mol. The van der Waals surface area contributed by atoms with Gasteiger partial charge in [0.25, 0.3) is 0 Å². The first-order chi connectivity index (χ1) is 20.8. The molecule has 0 unspecified atom stereocenters. The van der Waals surface area contributed by atoms with Crippen LogP contribution in [0.4, 0.5) is 11.4 Å². The topological polar surface area (TPSA) is 133 Å². The summed E-state index contributed by atoms with van der Waals surface area (Å²) in [4.78, 5) is 26.7. The van der Waals surface area contributed by atoms with Gasteiger partial charge in [-0.3, -0.25) is 0 Å². The molecule has 4 aromatic carbocycles. The molecule has 0 radical (unpaired) electrons. The Hall–Kier alpha value is -3.32. The molecule has 4 aromatic rings. The van der Waals surface area contributed by atoms with Gasteiger partial charge >= 0.3 is 270 Å². The third kappa shape index (κ3) is 7.84. The average molecular weight is 765 g/mol. The summed E-state index contributed by atoms with van der Waals surface area (Å²) in [7, 11) is -1.34. The summed E-state index contributed by atoms with van der Waals surface area (Å²) < 4.78 is 53.4. The first-order valence-electron chi connectivity index (χ1n) is 13.0. The van der Waals surface area contributed by atoms with Gasteiger partial charge in [-0.05, 0) is 0 Å². The molecule has 0 heterocycles. The fraction of sp³-hybridized carbons (Fsp3) is 0.133. The van der Waals surface area contributed by atoms with Crippen molar-refractivity contribution in [2.45, 2.75) is 9.79 Å². The molecule has 0 saturated heterocycles. The zero-order chi connectivity index (χ0) is 32.1. The molecular formula is C30H30N4O6S2Se2. The molecule has 0 aromatic heterocycles. The summed E-state index contributed by atoms with van der Waals surface area (Å²) in [6.07, 6.45) is 0. The molecule has 10 nitrogen and oxygen atoms in total. The summed E-state index contributed by atoms with van der Waals surface area (Å²) >= 11 is -0.299. The second kappa shape index (κ2) is 14.2. The van der Waals surface area contributed by atoms with Crippen molar-refractivity contribution in [3.8, 4) is 0 Å². The maximum atomic E-state index is 13.2. The summed E-state index contributed by atoms with van der Waals surface area (Å²) in [6.45, 7) is 0. The Kier molecular flexibility index (Phi) is 10.8. The van der Waals surface area contributed by atoms with Crippen molar-refractivity contribution in [1.82, 2.24) is 8.61 Å². The standard InChI is InChI=1S/C30H30N4O6S2Se2/c1-33(2)41(37,38)23-17-13-21(14-18-23)31-29(35)25-9-5-7-11-27(25)43-44-28-12-8-6-10-26(28)30(36)32-22-15-19-24(20-16-22)42(39,40)34(3)4/h5-20H,1-4H3,(H,31,35)(H,32,36). The Morgan fingerprint density at radius 3 is 1.16 bits per heavy atom. The van der Waals surface area contributed by atoms with Crippen molar-refractivity contribution in [1.29, 1.82) is 0 Å². The average Bonchev–Trinajstić information content (AvgIpc) is 3.00. The Bertz CT molecular complexity index is 1740. The van der Waals surface area contributed by atoms with E-state index < -0.39 is 20.0 Å². The predicted octanol–water partition coefficient (Wildman–Crippen LogP) is 1.97. The van der Waals surface area contributed by atoms with Gasteiger partial charge in [0, 0.05) is 0 Å². The SMILES string of the molecule is CN(C)S(=O)(=O)c1ccc(NC(=O)c2ccccc2[Se][Se]c2ccccc2C(=O)Nc2ccc(S(=O)(=O)N(C)C)cc2)cc1. The maximum absolute atomic E-state index is 13.2. The summed E-state index contributed by atoms with van der Waals surface area (Å²) in [5.41, 5.74) is 1.95. The number of carbonyl (C=O) groups excluding carboxylic acids is 2. The van der Waals surface area contributed by atoms with Crippen LogP contribution in [0.15, 0.2) is 107 Å². The van der Waals surface area contributed by atoms with Crippen LogP contribution in [0.5, 0.6) is 0 Å². The van der Waals surface area contributed by atoms with Gasteiger partial charge in [0.15, 0.2) is 0 Å². The number of nitrogens with zero attached hydrogens (tertiary/aromatic N) is 2. The molecule has 0 fully saturated rings. The van der Waals surface area contributed by atoms with Crippen LogP contribution in [0, 0.1) is 0 Å². The third-order valence-electron chi connectivity index (χ3n) is 6.27. The third-order valence-corrected chi connectivity index (χ3v) is 17.2. The number of hydrogen-bond acceptors (Lipinski definition) is 6. The van der Waals surface area contributed by atoms with E-state index >= 15 is 0 Å². The molecule has 14 heteroatoms. The van der Waals surface area contributed by atoms with Gasteiger partial charge in [-0.1, -0.05) is 0 Å². The summed E-state index contributed by atoms with van der Waals surface area (Å²) in [5.74, 6) is -0.625. The van der Waals surface area contributed by atoms with Crippen LogP contribution >= 0.6 is 0 Å². The van der Waals surface area contributed by atoms with Crippen molar-refractivity contribution >= 4 is 78.4 Å². The molecule has 0 aliphatic heterocycles. The number of rotatable bonds is 11. The zero-order valence-corrected chi connectivity index (χ0v) is 29.3. The summed E-state index contributed by atoms with van der Waals surface area (Å²) in [6, 6.07) is 26.6. The van der Waals surface area contributed by atoms with Gasteiger partial charge in [-0.25, -0.2) is 0 Å². The second-order valence-corrected chi connectivity index (χ2v) is 20.2. The first-order valence-corrected chi connectivity index (χ1v) is 21.9. The van der Waals surface area contributed by atoms with Crippen molar-refractivity contribution in [3.63, 3.8) is 0 Å². The fourth-order valence-corrected chi connectivity index (χ4v) is 12.7. The normalized spacial score (nSPS) is 11.9. The number of carbonyl (C=O) groups is 2. The number of benzene rings is 4. The number of anilines is 2. The van der Waals surface area contributed by atoms with E-state index in [-0.39, 0.29) is 47.9 Å². The quantitative estimate of drug-likeness (QED) is 0.225. The van der Waals surface area contributed by atoms with E-state index in [2.05, 4.69) is 10.6 Å². The van der Waals surface area contributed by atoms with E-state index in [1.165, 1.54) is 52.5 Å². The van der Waals surface area contributed by atoms with Gasteiger partial charge in [0.1, 0.15) is 0 Å². The molecule has 0 aliphatic carbocycles. The second-order valence-electron chi connectivity index (χ2n) is 9.69. The van der Waals surface area contributed by atoms with Gasteiger partial charge in [0.2, 0.25) is 0 Å². The van der Waals surface area contributed by atoms with Crippen LogP contribution in [0.2, 0.25) is 0 Å². The molecule has 0 atom stereocenters. The van der Waals surface area contributed by atoms with Crippen LogP contribution in [-0.2, 0) is 20.0 Å². The first kappa shape index (κ1) is 33.6.